The van der Waals surface area contributed by atoms with Crippen LogP contribution in [0.15, 0.2) is 53.7 Å². The molecule has 1 saturated carbocycles. The Bertz CT molecular complexity index is 1110. The fourth-order valence-corrected chi connectivity index (χ4v) is 4.04. The first-order valence-corrected chi connectivity index (χ1v) is 8.43. The molecule has 4 rings (SSSR count). The van der Waals surface area contributed by atoms with Gasteiger partial charge in [-0.3, -0.25) is 10.1 Å². The van der Waals surface area contributed by atoms with Crippen molar-refractivity contribution in [1.29, 1.82) is 10.5 Å². The SMILES string of the molecule is N#CC1(C#N)[C@@H](c2ccc([N+](=O)[O-])cc2)[C@@]12C(=O)ON=C2c1ccc(Cl)cc1. The minimum Gasteiger partial charge on any atom is -0.317 e. The van der Waals surface area contributed by atoms with E-state index in [-0.39, 0.29) is 11.4 Å². The van der Waals surface area contributed by atoms with E-state index in [1.54, 1.807) is 24.3 Å². The molecule has 0 N–H and O–H groups in total. The number of non-ortho nitro benzene ring substituents is 1. The molecular weight excluding hydrogens is 384 g/mol. The second kappa shape index (κ2) is 5.88. The normalized spacial score (nSPS) is 24.0. The second-order valence-corrected chi connectivity index (χ2v) is 6.88. The highest BCUT2D eigenvalue weighted by Gasteiger charge is 2.88. The average molecular weight is 393 g/mol. The number of carbonyl (C=O) groups excluding carboxylic acids is 1. The number of oxime groups is 1. The van der Waals surface area contributed by atoms with E-state index in [1.807, 2.05) is 12.1 Å². The van der Waals surface area contributed by atoms with Gasteiger partial charge in [-0.25, -0.2) is 4.79 Å². The van der Waals surface area contributed by atoms with Crippen LogP contribution in [0.1, 0.15) is 17.0 Å². The van der Waals surface area contributed by atoms with Gasteiger partial charge in [-0.2, -0.15) is 10.5 Å². The lowest BCUT2D eigenvalue weighted by Crippen LogP contribution is -2.28. The molecule has 0 amide bonds. The summed E-state index contributed by atoms with van der Waals surface area (Å²) in [5.41, 5.74) is -2.39. The van der Waals surface area contributed by atoms with Crippen LogP contribution in [0.2, 0.25) is 5.02 Å². The summed E-state index contributed by atoms with van der Waals surface area (Å²) in [6.45, 7) is 0. The van der Waals surface area contributed by atoms with E-state index in [4.69, 9.17) is 16.4 Å². The molecule has 1 spiro atoms. The smallest absolute Gasteiger partial charge is 0.317 e. The summed E-state index contributed by atoms with van der Waals surface area (Å²) in [7, 11) is 0. The first-order valence-electron chi connectivity index (χ1n) is 8.05. The largest absolute Gasteiger partial charge is 0.350 e. The molecule has 0 radical (unpaired) electrons. The van der Waals surface area contributed by atoms with Crippen molar-refractivity contribution >= 4 is 29.0 Å². The minimum atomic E-state index is -1.74. The summed E-state index contributed by atoms with van der Waals surface area (Å²) >= 11 is 5.91. The molecule has 0 unspecified atom stereocenters. The van der Waals surface area contributed by atoms with Crippen molar-refractivity contribution in [2.45, 2.75) is 5.92 Å². The molecule has 1 fully saturated rings. The van der Waals surface area contributed by atoms with Crippen LogP contribution >= 0.6 is 11.6 Å². The van der Waals surface area contributed by atoms with Gasteiger partial charge in [0.1, 0.15) is 5.71 Å². The Labute approximate surface area is 163 Å². The quantitative estimate of drug-likeness (QED) is 0.447. The van der Waals surface area contributed by atoms with Crippen molar-refractivity contribution in [3.05, 3.63) is 74.8 Å². The summed E-state index contributed by atoms with van der Waals surface area (Å²) in [6, 6.07) is 15.8. The number of hydrogen-bond acceptors (Lipinski definition) is 7. The Morgan fingerprint density at radius 3 is 2.25 bits per heavy atom. The Kier molecular flexibility index (Phi) is 3.71. The van der Waals surface area contributed by atoms with Gasteiger partial charge in [-0.15, -0.1) is 0 Å². The molecule has 136 valence electrons. The molecule has 1 heterocycles. The first-order chi connectivity index (χ1) is 13.4. The van der Waals surface area contributed by atoms with Crippen LogP contribution < -0.4 is 0 Å². The maximum absolute atomic E-state index is 12.7. The lowest BCUT2D eigenvalue weighted by molar-refractivity contribution is -0.384. The molecule has 2 atom stereocenters. The number of nitriles is 2. The Hall–Kier alpha value is -3.75. The molecule has 9 heteroatoms. The fourth-order valence-electron chi connectivity index (χ4n) is 3.91. The van der Waals surface area contributed by atoms with Gasteiger partial charge in [0.2, 0.25) is 0 Å². The van der Waals surface area contributed by atoms with Crippen molar-refractivity contribution in [2.24, 2.45) is 16.0 Å². The monoisotopic (exact) mass is 392 g/mol. The zero-order valence-corrected chi connectivity index (χ0v) is 14.8. The topological polar surface area (TPSA) is 129 Å². The maximum Gasteiger partial charge on any atom is 0.350 e. The van der Waals surface area contributed by atoms with Crippen LogP contribution in [0.3, 0.4) is 0 Å². The third-order valence-corrected chi connectivity index (χ3v) is 5.48. The predicted octanol–water partition coefficient (Wildman–Crippen LogP) is 3.33. The van der Waals surface area contributed by atoms with E-state index in [0.29, 0.717) is 16.1 Å². The summed E-state index contributed by atoms with van der Waals surface area (Å²) in [4.78, 5) is 28.0. The third kappa shape index (κ3) is 2.04. The molecule has 2 aromatic carbocycles. The highest BCUT2D eigenvalue weighted by molar-refractivity contribution is 6.31. The number of carbonyl (C=O) groups is 1. The highest BCUT2D eigenvalue weighted by Crippen LogP contribution is 2.76. The Morgan fingerprint density at radius 1 is 1.11 bits per heavy atom. The van der Waals surface area contributed by atoms with E-state index in [0.717, 1.165) is 0 Å². The summed E-state index contributed by atoms with van der Waals surface area (Å²) in [5, 5.41) is 34.9. The highest BCUT2D eigenvalue weighted by atomic mass is 35.5. The Morgan fingerprint density at radius 2 is 1.71 bits per heavy atom. The van der Waals surface area contributed by atoms with E-state index >= 15 is 0 Å². The lowest BCUT2D eigenvalue weighted by Gasteiger charge is -2.09. The molecule has 28 heavy (non-hydrogen) atoms. The number of rotatable bonds is 3. The van der Waals surface area contributed by atoms with Crippen molar-refractivity contribution in [3.8, 4) is 12.1 Å². The van der Waals surface area contributed by atoms with E-state index in [2.05, 4.69) is 5.16 Å². The summed E-state index contributed by atoms with van der Waals surface area (Å²) in [6.07, 6.45) is 0. The van der Waals surface area contributed by atoms with Crippen LogP contribution in [-0.2, 0) is 9.63 Å². The van der Waals surface area contributed by atoms with E-state index in [9.17, 15) is 25.4 Å². The molecule has 2 aliphatic rings. The second-order valence-electron chi connectivity index (χ2n) is 6.45. The molecule has 2 aromatic rings. The zero-order valence-electron chi connectivity index (χ0n) is 14.0. The number of hydrogen-bond donors (Lipinski definition) is 0. The van der Waals surface area contributed by atoms with Crippen LogP contribution in [0, 0.1) is 43.6 Å². The third-order valence-electron chi connectivity index (χ3n) is 5.23. The van der Waals surface area contributed by atoms with E-state index in [1.165, 1.54) is 24.3 Å². The standard InChI is InChI=1S/C19H9ClN4O4/c20-13-5-1-12(2-6-13)16-19(17(25)28-23-16)15(18(19,9-21)10-22)11-3-7-14(8-4-11)24(26)27/h1-8,15H/t15-,19-/m1/s1. The Balaban J connectivity index is 1.87. The molecule has 8 nitrogen and oxygen atoms in total. The predicted molar refractivity (Wildman–Crippen MR) is 96.0 cm³/mol. The molecule has 0 aromatic heterocycles. The van der Waals surface area contributed by atoms with Crippen LogP contribution in [-0.4, -0.2) is 16.6 Å². The van der Waals surface area contributed by atoms with Crippen molar-refractivity contribution in [3.63, 3.8) is 0 Å². The molecule has 1 aliphatic carbocycles. The molecule has 0 bridgehead atoms. The zero-order chi connectivity index (χ0) is 20.1. The van der Waals surface area contributed by atoms with Gasteiger partial charge in [-0.05, 0) is 17.7 Å². The van der Waals surface area contributed by atoms with Gasteiger partial charge in [0.25, 0.3) is 5.69 Å². The van der Waals surface area contributed by atoms with Crippen LogP contribution in [0.4, 0.5) is 5.69 Å². The van der Waals surface area contributed by atoms with Crippen molar-refractivity contribution in [1.82, 2.24) is 0 Å². The number of nitro groups is 1. The van der Waals surface area contributed by atoms with Gasteiger partial charge in [0, 0.05) is 28.6 Å². The molecular formula is C19H9ClN4O4. The van der Waals surface area contributed by atoms with Gasteiger partial charge in [-0.1, -0.05) is 41.0 Å². The number of benzene rings is 2. The van der Waals surface area contributed by atoms with E-state index < -0.39 is 27.6 Å². The first kappa shape index (κ1) is 17.7. The maximum atomic E-state index is 12.7. The van der Waals surface area contributed by atoms with Gasteiger partial charge in [0.15, 0.2) is 10.8 Å². The van der Waals surface area contributed by atoms with Gasteiger partial charge in [0.05, 0.1) is 17.1 Å². The lowest BCUT2D eigenvalue weighted by atomic mass is 9.86. The van der Waals surface area contributed by atoms with Crippen LogP contribution in [0.5, 0.6) is 0 Å². The summed E-state index contributed by atoms with van der Waals surface area (Å²) < 4.78 is 0. The minimum absolute atomic E-state index is 0.140. The van der Waals surface area contributed by atoms with Crippen LogP contribution in [0.25, 0.3) is 0 Å². The van der Waals surface area contributed by atoms with Gasteiger partial charge >= 0.3 is 5.97 Å². The average Bonchev–Trinajstić information content (AvgIpc) is 3.19. The number of halogens is 1. The molecule has 0 saturated heterocycles. The summed E-state index contributed by atoms with van der Waals surface area (Å²) in [5.74, 6) is -1.68. The number of nitro benzene ring substituents is 1. The van der Waals surface area contributed by atoms with Crippen molar-refractivity contribution in [2.75, 3.05) is 0 Å². The van der Waals surface area contributed by atoms with Crippen molar-refractivity contribution < 1.29 is 14.6 Å². The molecule has 1 aliphatic heterocycles. The fraction of sp³-hybridized carbons (Fsp3) is 0.158. The number of nitrogens with zero attached hydrogens (tertiary/aromatic N) is 4. The van der Waals surface area contributed by atoms with Gasteiger partial charge < -0.3 is 4.84 Å².